The van der Waals surface area contributed by atoms with E-state index in [0.717, 1.165) is 42.9 Å². The molecule has 0 aliphatic rings. The number of hydrogen-bond donors (Lipinski definition) is 1. The Balaban J connectivity index is 2.22. The number of benzene rings is 1. The molecule has 1 aromatic heterocycles. The SMILES string of the molecule is CCCN(CCC)C(=O)c1cncc(Nc2cccc(Cl)c2C)c1. The average Bonchev–Trinajstić information content (AvgIpc) is 2.58. The van der Waals surface area contributed by atoms with Crippen molar-refractivity contribution in [2.75, 3.05) is 18.4 Å². The van der Waals surface area contributed by atoms with Gasteiger partial charge in [-0.2, -0.15) is 0 Å². The number of halogens is 1. The molecule has 0 fully saturated rings. The van der Waals surface area contributed by atoms with Crippen LogP contribution in [0, 0.1) is 6.92 Å². The van der Waals surface area contributed by atoms with Crippen molar-refractivity contribution in [3.63, 3.8) is 0 Å². The predicted octanol–water partition coefficient (Wildman–Crippen LogP) is 5.05. The summed E-state index contributed by atoms with van der Waals surface area (Å²) >= 11 is 6.16. The molecule has 2 rings (SSSR count). The first-order valence-corrected chi connectivity index (χ1v) is 8.71. The van der Waals surface area contributed by atoms with Crippen LogP contribution in [0.3, 0.4) is 0 Å². The normalized spacial score (nSPS) is 10.5. The number of carbonyl (C=O) groups is 1. The van der Waals surface area contributed by atoms with Gasteiger partial charge in [-0.05, 0) is 43.5 Å². The highest BCUT2D eigenvalue weighted by molar-refractivity contribution is 6.31. The van der Waals surface area contributed by atoms with E-state index in [2.05, 4.69) is 24.1 Å². The zero-order valence-electron chi connectivity index (χ0n) is 14.5. The van der Waals surface area contributed by atoms with Crippen LogP contribution in [0.5, 0.6) is 0 Å². The molecule has 0 atom stereocenters. The Morgan fingerprint density at radius 3 is 2.58 bits per heavy atom. The second kappa shape index (κ2) is 8.69. The monoisotopic (exact) mass is 345 g/mol. The minimum Gasteiger partial charge on any atom is -0.354 e. The van der Waals surface area contributed by atoms with Gasteiger partial charge in [-0.15, -0.1) is 0 Å². The van der Waals surface area contributed by atoms with E-state index < -0.39 is 0 Å². The second-order valence-corrected chi connectivity index (χ2v) is 6.20. The Kier molecular flexibility index (Phi) is 6.62. The third-order valence-corrected chi connectivity index (χ3v) is 4.22. The topological polar surface area (TPSA) is 45.2 Å². The number of pyridine rings is 1. The summed E-state index contributed by atoms with van der Waals surface area (Å²) in [5.41, 5.74) is 3.25. The van der Waals surface area contributed by atoms with Gasteiger partial charge in [-0.25, -0.2) is 0 Å². The Hall–Kier alpha value is -2.07. The van der Waals surface area contributed by atoms with Crippen molar-refractivity contribution >= 4 is 28.9 Å². The van der Waals surface area contributed by atoms with Gasteiger partial charge >= 0.3 is 0 Å². The Morgan fingerprint density at radius 2 is 1.92 bits per heavy atom. The van der Waals surface area contributed by atoms with Gasteiger partial charge in [-0.1, -0.05) is 31.5 Å². The number of carbonyl (C=O) groups excluding carboxylic acids is 1. The lowest BCUT2D eigenvalue weighted by Crippen LogP contribution is -2.32. The third-order valence-electron chi connectivity index (χ3n) is 3.81. The van der Waals surface area contributed by atoms with E-state index in [4.69, 9.17) is 11.6 Å². The molecule has 2 aromatic rings. The highest BCUT2D eigenvalue weighted by atomic mass is 35.5. The first-order chi connectivity index (χ1) is 11.6. The van der Waals surface area contributed by atoms with Crippen LogP contribution in [0.25, 0.3) is 0 Å². The molecule has 0 saturated carbocycles. The number of hydrogen-bond acceptors (Lipinski definition) is 3. The fraction of sp³-hybridized carbons (Fsp3) is 0.368. The summed E-state index contributed by atoms with van der Waals surface area (Å²) in [4.78, 5) is 18.8. The molecular weight excluding hydrogens is 322 g/mol. The second-order valence-electron chi connectivity index (χ2n) is 5.79. The quantitative estimate of drug-likeness (QED) is 0.763. The summed E-state index contributed by atoms with van der Waals surface area (Å²) in [6.07, 6.45) is 5.22. The minimum absolute atomic E-state index is 0.0256. The third kappa shape index (κ3) is 4.48. The van der Waals surface area contributed by atoms with E-state index in [-0.39, 0.29) is 5.91 Å². The van der Waals surface area contributed by atoms with E-state index in [1.165, 1.54) is 0 Å². The molecule has 128 valence electrons. The van der Waals surface area contributed by atoms with Crippen LogP contribution < -0.4 is 5.32 Å². The maximum atomic E-state index is 12.7. The zero-order chi connectivity index (χ0) is 17.5. The van der Waals surface area contributed by atoms with Gasteiger partial charge in [0.2, 0.25) is 0 Å². The van der Waals surface area contributed by atoms with Gasteiger partial charge in [0, 0.05) is 30.0 Å². The zero-order valence-corrected chi connectivity index (χ0v) is 15.2. The molecule has 1 heterocycles. The van der Waals surface area contributed by atoms with E-state index in [1.54, 1.807) is 12.4 Å². The smallest absolute Gasteiger partial charge is 0.255 e. The first-order valence-electron chi connectivity index (χ1n) is 8.33. The van der Waals surface area contributed by atoms with Crippen LogP contribution in [-0.2, 0) is 0 Å². The van der Waals surface area contributed by atoms with Gasteiger partial charge in [0.05, 0.1) is 17.4 Å². The largest absolute Gasteiger partial charge is 0.354 e. The molecule has 0 bridgehead atoms. The lowest BCUT2D eigenvalue weighted by Gasteiger charge is -2.21. The van der Waals surface area contributed by atoms with Crippen molar-refractivity contribution in [3.8, 4) is 0 Å². The van der Waals surface area contributed by atoms with Crippen molar-refractivity contribution < 1.29 is 4.79 Å². The molecule has 0 radical (unpaired) electrons. The summed E-state index contributed by atoms with van der Waals surface area (Å²) in [7, 11) is 0. The molecule has 1 N–H and O–H groups in total. The molecule has 0 unspecified atom stereocenters. The van der Waals surface area contributed by atoms with Crippen molar-refractivity contribution in [1.29, 1.82) is 0 Å². The predicted molar refractivity (Wildman–Crippen MR) is 100 cm³/mol. The van der Waals surface area contributed by atoms with Gasteiger partial charge in [0.1, 0.15) is 0 Å². The van der Waals surface area contributed by atoms with Crippen molar-refractivity contribution in [2.24, 2.45) is 0 Å². The lowest BCUT2D eigenvalue weighted by atomic mass is 10.2. The van der Waals surface area contributed by atoms with Crippen LogP contribution in [0.15, 0.2) is 36.7 Å². The fourth-order valence-electron chi connectivity index (χ4n) is 2.56. The Labute approximate surface area is 148 Å². The Morgan fingerprint density at radius 1 is 1.21 bits per heavy atom. The summed E-state index contributed by atoms with van der Waals surface area (Å²) in [5, 5.41) is 4.00. The molecule has 24 heavy (non-hydrogen) atoms. The highest BCUT2D eigenvalue weighted by Gasteiger charge is 2.15. The van der Waals surface area contributed by atoms with E-state index >= 15 is 0 Å². The molecule has 5 heteroatoms. The summed E-state index contributed by atoms with van der Waals surface area (Å²) < 4.78 is 0. The van der Waals surface area contributed by atoms with Crippen molar-refractivity contribution in [2.45, 2.75) is 33.6 Å². The van der Waals surface area contributed by atoms with Gasteiger partial charge in [-0.3, -0.25) is 9.78 Å². The van der Waals surface area contributed by atoms with Crippen LogP contribution >= 0.6 is 11.6 Å². The maximum Gasteiger partial charge on any atom is 0.255 e. The summed E-state index contributed by atoms with van der Waals surface area (Å²) in [6.45, 7) is 7.63. The number of amides is 1. The molecule has 0 saturated heterocycles. The summed E-state index contributed by atoms with van der Waals surface area (Å²) in [5.74, 6) is 0.0256. The highest BCUT2D eigenvalue weighted by Crippen LogP contribution is 2.26. The molecule has 0 aliphatic heterocycles. The number of aromatic nitrogens is 1. The molecule has 1 amide bonds. The average molecular weight is 346 g/mol. The van der Waals surface area contributed by atoms with Gasteiger partial charge < -0.3 is 10.2 Å². The molecule has 4 nitrogen and oxygen atoms in total. The van der Waals surface area contributed by atoms with Crippen LogP contribution in [0.4, 0.5) is 11.4 Å². The van der Waals surface area contributed by atoms with Gasteiger partial charge in [0.25, 0.3) is 5.91 Å². The van der Waals surface area contributed by atoms with Crippen LogP contribution in [0.1, 0.15) is 42.6 Å². The molecular formula is C19H24ClN3O. The van der Waals surface area contributed by atoms with E-state index in [0.29, 0.717) is 10.6 Å². The Bertz CT molecular complexity index is 697. The van der Waals surface area contributed by atoms with E-state index in [1.807, 2.05) is 36.1 Å². The summed E-state index contributed by atoms with van der Waals surface area (Å²) in [6, 6.07) is 7.54. The standard InChI is InChI=1S/C19H24ClN3O/c1-4-9-23(10-5-2)19(24)15-11-16(13-21-12-15)22-18-8-6-7-17(20)14(18)3/h6-8,11-13,22H,4-5,9-10H2,1-3H3. The molecule has 0 aliphatic carbocycles. The molecule has 1 aromatic carbocycles. The molecule has 0 spiro atoms. The van der Waals surface area contributed by atoms with Crippen molar-refractivity contribution in [1.82, 2.24) is 9.88 Å². The number of rotatable bonds is 7. The number of nitrogens with one attached hydrogen (secondary N) is 1. The van der Waals surface area contributed by atoms with Crippen molar-refractivity contribution in [3.05, 3.63) is 52.8 Å². The first kappa shape index (κ1) is 18.3. The van der Waals surface area contributed by atoms with E-state index in [9.17, 15) is 4.79 Å². The maximum absolute atomic E-state index is 12.7. The lowest BCUT2D eigenvalue weighted by molar-refractivity contribution is 0.0755. The number of nitrogens with zero attached hydrogens (tertiary/aromatic N) is 2. The minimum atomic E-state index is 0.0256. The van der Waals surface area contributed by atoms with Crippen LogP contribution in [0.2, 0.25) is 5.02 Å². The van der Waals surface area contributed by atoms with Gasteiger partial charge in [0.15, 0.2) is 0 Å². The fourth-order valence-corrected chi connectivity index (χ4v) is 2.74. The number of anilines is 2. The van der Waals surface area contributed by atoms with Crippen LogP contribution in [-0.4, -0.2) is 28.9 Å².